The fraction of sp³-hybridized carbons (Fsp3) is 0.565. The van der Waals surface area contributed by atoms with Gasteiger partial charge in [-0.1, -0.05) is 32.0 Å². The number of para-hydroxylation sites is 1. The predicted molar refractivity (Wildman–Crippen MR) is 115 cm³/mol. The van der Waals surface area contributed by atoms with Gasteiger partial charge in [0.15, 0.2) is 6.61 Å². The number of piperidine rings is 1. The molecule has 2 aliphatic heterocycles. The highest BCUT2D eigenvalue weighted by atomic mass is 16.5. The van der Waals surface area contributed by atoms with Crippen LogP contribution >= 0.6 is 0 Å². The molecule has 2 N–H and O–H groups in total. The largest absolute Gasteiger partial charge is 0.455 e. The van der Waals surface area contributed by atoms with E-state index in [0.717, 1.165) is 17.7 Å². The van der Waals surface area contributed by atoms with Crippen molar-refractivity contribution >= 4 is 29.4 Å². The molecule has 1 aromatic carbocycles. The zero-order chi connectivity index (χ0) is 22.5. The number of ether oxygens (including phenoxy) is 1. The highest BCUT2D eigenvalue weighted by Gasteiger charge is 2.37. The van der Waals surface area contributed by atoms with Gasteiger partial charge in [0.25, 0.3) is 5.91 Å². The SMILES string of the molecule is CC[C@H](C)c1ccccc1N1C[C@@H](C(=O)OCC(=O)N2CCC(C(N)=O)CC2)CC1=O. The van der Waals surface area contributed by atoms with Gasteiger partial charge in [-0.3, -0.25) is 19.2 Å². The van der Waals surface area contributed by atoms with Crippen molar-refractivity contribution in [2.24, 2.45) is 17.6 Å². The van der Waals surface area contributed by atoms with E-state index in [1.54, 1.807) is 9.80 Å². The summed E-state index contributed by atoms with van der Waals surface area (Å²) in [6, 6.07) is 7.77. The number of rotatable bonds is 7. The van der Waals surface area contributed by atoms with E-state index in [1.165, 1.54) is 0 Å². The minimum absolute atomic E-state index is 0.0753. The molecule has 0 radical (unpaired) electrons. The van der Waals surface area contributed by atoms with Crippen molar-refractivity contribution in [3.63, 3.8) is 0 Å². The number of anilines is 1. The molecule has 2 saturated heterocycles. The number of nitrogens with two attached hydrogens (primary N) is 1. The molecule has 0 aromatic heterocycles. The van der Waals surface area contributed by atoms with E-state index in [-0.39, 0.29) is 43.2 Å². The Labute approximate surface area is 182 Å². The molecule has 0 saturated carbocycles. The van der Waals surface area contributed by atoms with Gasteiger partial charge >= 0.3 is 5.97 Å². The Bertz CT molecular complexity index is 847. The Morgan fingerprint density at radius 2 is 1.84 bits per heavy atom. The van der Waals surface area contributed by atoms with Gasteiger partial charge < -0.3 is 20.3 Å². The number of carbonyl (C=O) groups excluding carboxylic acids is 4. The number of amides is 3. The minimum atomic E-state index is -0.592. The van der Waals surface area contributed by atoms with Crippen molar-refractivity contribution in [2.75, 3.05) is 31.1 Å². The average molecular weight is 430 g/mol. The smallest absolute Gasteiger partial charge is 0.311 e. The summed E-state index contributed by atoms with van der Waals surface area (Å²) >= 11 is 0. The Morgan fingerprint density at radius 3 is 2.48 bits per heavy atom. The van der Waals surface area contributed by atoms with Crippen LogP contribution in [-0.2, 0) is 23.9 Å². The summed E-state index contributed by atoms with van der Waals surface area (Å²) in [5.41, 5.74) is 7.24. The number of nitrogens with zero attached hydrogens (tertiary/aromatic N) is 2. The second-order valence-electron chi connectivity index (χ2n) is 8.44. The lowest BCUT2D eigenvalue weighted by atomic mass is 9.96. The predicted octanol–water partition coefficient (Wildman–Crippen LogP) is 1.82. The Kier molecular flexibility index (Phi) is 7.30. The first-order chi connectivity index (χ1) is 14.8. The van der Waals surface area contributed by atoms with Crippen LogP contribution in [0.15, 0.2) is 24.3 Å². The summed E-state index contributed by atoms with van der Waals surface area (Å²) in [7, 11) is 0. The lowest BCUT2D eigenvalue weighted by Gasteiger charge is -2.30. The second kappa shape index (κ2) is 9.94. The standard InChI is InChI=1S/C23H31N3O5/c1-3-15(2)18-6-4-5-7-19(18)26-13-17(12-20(26)27)23(30)31-14-21(28)25-10-8-16(9-11-25)22(24)29/h4-7,15-17H,3,8-14H2,1-2H3,(H2,24,29)/t15-,17-/m0/s1. The molecule has 2 fully saturated rings. The van der Waals surface area contributed by atoms with Crippen LogP contribution in [-0.4, -0.2) is 54.8 Å². The van der Waals surface area contributed by atoms with E-state index in [2.05, 4.69) is 13.8 Å². The van der Waals surface area contributed by atoms with Gasteiger partial charge in [-0.25, -0.2) is 0 Å². The highest BCUT2D eigenvalue weighted by molar-refractivity contribution is 6.00. The van der Waals surface area contributed by atoms with Crippen LogP contribution in [0.3, 0.4) is 0 Å². The van der Waals surface area contributed by atoms with Crippen LogP contribution in [0.1, 0.15) is 51.0 Å². The van der Waals surface area contributed by atoms with Crippen LogP contribution in [0.5, 0.6) is 0 Å². The molecule has 8 heteroatoms. The first-order valence-corrected chi connectivity index (χ1v) is 10.9. The van der Waals surface area contributed by atoms with E-state index in [1.807, 2.05) is 24.3 Å². The van der Waals surface area contributed by atoms with Crippen LogP contribution in [0.2, 0.25) is 0 Å². The van der Waals surface area contributed by atoms with Crippen molar-refractivity contribution in [1.82, 2.24) is 4.90 Å². The summed E-state index contributed by atoms with van der Waals surface area (Å²) < 4.78 is 5.25. The number of hydrogen-bond donors (Lipinski definition) is 1. The molecule has 31 heavy (non-hydrogen) atoms. The van der Waals surface area contributed by atoms with Crippen molar-refractivity contribution in [2.45, 2.75) is 45.4 Å². The van der Waals surface area contributed by atoms with Gasteiger partial charge in [0.1, 0.15) is 0 Å². The first kappa shape index (κ1) is 22.8. The number of esters is 1. The summed E-state index contributed by atoms with van der Waals surface area (Å²) in [5.74, 6) is -1.78. The van der Waals surface area contributed by atoms with Crippen molar-refractivity contribution in [1.29, 1.82) is 0 Å². The third-order valence-corrected chi connectivity index (χ3v) is 6.42. The lowest BCUT2D eigenvalue weighted by molar-refractivity contribution is -0.155. The molecule has 0 bridgehead atoms. The Morgan fingerprint density at radius 1 is 1.16 bits per heavy atom. The van der Waals surface area contributed by atoms with Crippen LogP contribution in [0.4, 0.5) is 5.69 Å². The normalized spacial score (nSPS) is 20.6. The molecule has 0 unspecified atom stereocenters. The fourth-order valence-corrected chi connectivity index (χ4v) is 4.22. The molecule has 1 aromatic rings. The van der Waals surface area contributed by atoms with E-state index in [0.29, 0.717) is 31.8 Å². The lowest BCUT2D eigenvalue weighted by Crippen LogP contribution is -2.43. The van der Waals surface area contributed by atoms with Gasteiger partial charge in [0, 0.05) is 37.7 Å². The number of hydrogen-bond acceptors (Lipinski definition) is 5. The van der Waals surface area contributed by atoms with Gasteiger partial charge in [-0.05, 0) is 36.8 Å². The second-order valence-corrected chi connectivity index (χ2v) is 8.44. The summed E-state index contributed by atoms with van der Waals surface area (Å²) in [4.78, 5) is 52.0. The summed E-state index contributed by atoms with van der Waals surface area (Å²) in [5, 5.41) is 0. The van der Waals surface area contributed by atoms with Crippen molar-refractivity contribution < 1.29 is 23.9 Å². The topological polar surface area (TPSA) is 110 Å². The molecular weight excluding hydrogens is 398 g/mol. The molecular formula is C23H31N3O5. The van der Waals surface area contributed by atoms with Gasteiger partial charge in [0.2, 0.25) is 11.8 Å². The van der Waals surface area contributed by atoms with E-state index in [4.69, 9.17) is 10.5 Å². The van der Waals surface area contributed by atoms with Gasteiger partial charge in [-0.2, -0.15) is 0 Å². The Hall–Kier alpha value is -2.90. The zero-order valence-electron chi connectivity index (χ0n) is 18.2. The van der Waals surface area contributed by atoms with Crippen LogP contribution in [0, 0.1) is 11.8 Å². The van der Waals surface area contributed by atoms with Crippen LogP contribution < -0.4 is 10.6 Å². The van der Waals surface area contributed by atoms with Gasteiger partial charge in [-0.15, -0.1) is 0 Å². The maximum atomic E-state index is 12.6. The van der Waals surface area contributed by atoms with Crippen molar-refractivity contribution in [3.8, 4) is 0 Å². The third-order valence-electron chi connectivity index (χ3n) is 6.42. The first-order valence-electron chi connectivity index (χ1n) is 10.9. The summed E-state index contributed by atoms with van der Waals surface area (Å²) in [6.45, 7) is 4.96. The number of benzene rings is 1. The van der Waals surface area contributed by atoms with Crippen molar-refractivity contribution in [3.05, 3.63) is 29.8 Å². The van der Waals surface area contributed by atoms with E-state index in [9.17, 15) is 19.2 Å². The minimum Gasteiger partial charge on any atom is -0.455 e. The number of likely N-dealkylation sites (tertiary alicyclic amines) is 1. The third kappa shape index (κ3) is 5.24. The van der Waals surface area contributed by atoms with Gasteiger partial charge in [0.05, 0.1) is 5.92 Å². The Balaban J connectivity index is 1.54. The molecule has 2 atom stereocenters. The molecule has 2 aliphatic rings. The quantitative estimate of drug-likeness (QED) is 0.665. The maximum absolute atomic E-state index is 12.6. The maximum Gasteiger partial charge on any atom is 0.311 e. The fourth-order valence-electron chi connectivity index (χ4n) is 4.22. The average Bonchev–Trinajstić information content (AvgIpc) is 3.18. The van der Waals surface area contributed by atoms with E-state index < -0.39 is 11.9 Å². The number of carbonyl (C=O) groups is 4. The molecule has 0 aliphatic carbocycles. The molecule has 2 heterocycles. The van der Waals surface area contributed by atoms with Crippen LogP contribution in [0.25, 0.3) is 0 Å². The molecule has 3 amide bonds. The van der Waals surface area contributed by atoms with E-state index >= 15 is 0 Å². The molecule has 168 valence electrons. The summed E-state index contributed by atoms with van der Waals surface area (Å²) in [6.07, 6.45) is 2.07. The molecule has 0 spiro atoms. The zero-order valence-corrected chi connectivity index (χ0v) is 18.2. The highest BCUT2D eigenvalue weighted by Crippen LogP contribution is 2.33. The molecule has 3 rings (SSSR count). The monoisotopic (exact) mass is 429 g/mol. The molecule has 8 nitrogen and oxygen atoms in total. The number of primary amides is 1.